The minimum Gasteiger partial charge on any atom is -0.478 e. The molecule has 0 unspecified atom stereocenters. The normalized spacial score (nSPS) is 10.1. The third kappa shape index (κ3) is 3.49. The Labute approximate surface area is 125 Å². The number of hydrogen-bond donors (Lipinski definition) is 2. The van der Waals surface area contributed by atoms with Gasteiger partial charge in [0, 0.05) is 12.6 Å². The number of halogens is 1. The van der Waals surface area contributed by atoms with Crippen LogP contribution < -0.4 is 5.32 Å². The van der Waals surface area contributed by atoms with E-state index < -0.39 is 16.6 Å². The lowest BCUT2D eigenvalue weighted by Gasteiger charge is -2.10. The first-order chi connectivity index (χ1) is 9.99. The number of anilines is 1. The van der Waals surface area contributed by atoms with E-state index in [4.69, 9.17) is 16.7 Å². The SMILES string of the molecule is O=C(O)c1cc([N+](=O)[O-])c(Cl)cc1NCc1ccccc1. The fraction of sp³-hybridized carbons (Fsp3) is 0.0714. The topological polar surface area (TPSA) is 92.5 Å². The summed E-state index contributed by atoms with van der Waals surface area (Å²) in [6, 6.07) is 11.6. The average Bonchev–Trinajstić information content (AvgIpc) is 2.45. The number of nitrogens with one attached hydrogen (secondary N) is 1. The smallest absolute Gasteiger partial charge is 0.338 e. The summed E-state index contributed by atoms with van der Waals surface area (Å²) in [4.78, 5) is 21.3. The van der Waals surface area contributed by atoms with Crippen molar-refractivity contribution in [1.29, 1.82) is 0 Å². The van der Waals surface area contributed by atoms with Crippen molar-refractivity contribution >= 4 is 28.9 Å². The number of nitrogens with zero attached hydrogens (tertiary/aromatic N) is 1. The molecule has 0 fully saturated rings. The van der Waals surface area contributed by atoms with Crippen LogP contribution in [0.1, 0.15) is 15.9 Å². The van der Waals surface area contributed by atoms with Crippen LogP contribution in [-0.4, -0.2) is 16.0 Å². The Morgan fingerprint density at radius 2 is 1.95 bits per heavy atom. The van der Waals surface area contributed by atoms with E-state index in [0.29, 0.717) is 6.54 Å². The molecule has 0 amide bonds. The molecule has 2 aromatic carbocycles. The lowest BCUT2D eigenvalue weighted by atomic mass is 10.1. The summed E-state index contributed by atoms with van der Waals surface area (Å²) in [5, 5.41) is 22.8. The second-order valence-corrected chi connectivity index (χ2v) is 4.66. The molecule has 0 heterocycles. The molecule has 0 spiro atoms. The summed E-state index contributed by atoms with van der Waals surface area (Å²) >= 11 is 5.81. The highest BCUT2D eigenvalue weighted by Gasteiger charge is 2.20. The number of aromatic carboxylic acids is 1. The predicted molar refractivity (Wildman–Crippen MR) is 78.8 cm³/mol. The van der Waals surface area contributed by atoms with Gasteiger partial charge in [0.1, 0.15) is 5.02 Å². The molecule has 2 rings (SSSR count). The summed E-state index contributed by atoms with van der Waals surface area (Å²) < 4.78 is 0. The number of carboxylic acids is 1. The zero-order chi connectivity index (χ0) is 15.4. The molecule has 21 heavy (non-hydrogen) atoms. The van der Waals surface area contributed by atoms with Gasteiger partial charge in [-0.05, 0) is 11.6 Å². The van der Waals surface area contributed by atoms with E-state index >= 15 is 0 Å². The highest BCUT2D eigenvalue weighted by Crippen LogP contribution is 2.31. The standard InChI is InChI=1S/C14H11ClN2O4/c15-11-7-12(16-8-9-4-2-1-3-5-9)10(14(18)19)6-13(11)17(20)21/h1-7,16H,8H2,(H,18,19). The monoisotopic (exact) mass is 306 g/mol. The van der Waals surface area contributed by atoms with E-state index in [2.05, 4.69) is 5.32 Å². The number of nitro benzene ring substituents is 1. The Hall–Kier alpha value is -2.60. The molecule has 2 aromatic rings. The largest absolute Gasteiger partial charge is 0.478 e. The molecule has 7 heteroatoms. The van der Waals surface area contributed by atoms with Gasteiger partial charge in [-0.2, -0.15) is 0 Å². The van der Waals surface area contributed by atoms with Crippen LogP contribution in [0.5, 0.6) is 0 Å². The van der Waals surface area contributed by atoms with Crippen molar-refractivity contribution in [2.75, 3.05) is 5.32 Å². The molecule has 0 atom stereocenters. The van der Waals surface area contributed by atoms with Gasteiger partial charge >= 0.3 is 5.97 Å². The first-order valence-corrected chi connectivity index (χ1v) is 6.36. The Bertz CT molecular complexity index is 689. The molecule has 0 radical (unpaired) electrons. The molecular weight excluding hydrogens is 296 g/mol. The number of carboxylic acid groups (broad SMARTS) is 1. The van der Waals surface area contributed by atoms with Crippen LogP contribution in [0, 0.1) is 10.1 Å². The van der Waals surface area contributed by atoms with Gasteiger partial charge < -0.3 is 10.4 Å². The number of nitro groups is 1. The summed E-state index contributed by atoms with van der Waals surface area (Å²) in [6.07, 6.45) is 0. The Balaban J connectivity index is 2.32. The quantitative estimate of drug-likeness (QED) is 0.651. The molecule has 0 saturated heterocycles. The number of benzene rings is 2. The molecule has 0 aliphatic heterocycles. The van der Waals surface area contributed by atoms with E-state index in [-0.39, 0.29) is 16.3 Å². The van der Waals surface area contributed by atoms with Gasteiger partial charge in [-0.3, -0.25) is 10.1 Å². The maximum Gasteiger partial charge on any atom is 0.338 e. The third-order valence-corrected chi connectivity index (χ3v) is 3.14. The molecule has 0 aliphatic carbocycles. The van der Waals surface area contributed by atoms with Gasteiger partial charge in [-0.1, -0.05) is 41.9 Å². The van der Waals surface area contributed by atoms with Crippen molar-refractivity contribution in [3.05, 3.63) is 68.7 Å². The Kier molecular flexibility index (Phi) is 4.39. The number of carbonyl (C=O) groups is 1. The summed E-state index contributed by atoms with van der Waals surface area (Å²) in [6.45, 7) is 0.384. The molecule has 0 bridgehead atoms. The molecule has 0 aromatic heterocycles. The van der Waals surface area contributed by atoms with Gasteiger partial charge in [0.25, 0.3) is 5.69 Å². The van der Waals surface area contributed by atoms with Gasteiger partial charge in [-0.25, -0.2) is 4.79 Å². The van der Waals surface area contributed by atoms with Gasteiger partial charge in [-0.15, -0.1) is 0 Å². The molecule has 0 aliphatic rings. The van der Waals surface area contributed by atoms with Gasteiger partial charge in [0.15, 0.2) is 0 Å². The van der Waals surface area contributed by atoms with E-state index in [9.17, 15) is 14.9 Å². The maximum absolute atomic E-state index is 11.2. The first-order valence-electron chi connectivity index (χ1n) is 5.98. The average molecular weight is 307 g/mol. The van der Waals surface area contributed by atoms with E-state index in [1.807, 2.05) is 30.3 Å². The van der Waals surface area contributed by atoms with Gasteiger partial charge in [0.2, 0.25) is 0 Å². The lowest BCUT2D eigenvalue weighted by Crippen LogP contribution is -2.07. The summed E-state index contributed by atoms with van der Waals surface area (Å²) in [5.74, 6) is -1.26. The van der Waals surface area contributed by atoms with Crippen LogP contribution in [0.2, 0.25) is 5.02 Å². The third-order valence-electron chi connectivity index (χ3n) is 2.84. The fourth-order valence-electron chi connectivity index (χ4n) is 1.82. The number of hydrogen-bond acceptors (Lipinski definition) is 4. The van der Waals surface area contributed by atoms with Gasteiger partial charge in [0.05, 0.1) is 16.2 Å². The van der Waals surface area contributed by atoms with Crippen LogP contribution in [0.4, 0.5) is 11.4 Å². The van der Waals surface area contributed by atoms with Crippen molar-refractivity contribution in [3.8, 4) is 0 Å². The number of rotatable bonds is 5. The van der Waals surface area contributed by atoms with Crippen molar-refractivity contribution in [2.24, 2.45) is 0 Å². The highest BCUT2D eigenvalue weighted by atomic mass is 35.5. The minimum atomic E-state index is -1.26. The Morgan fingerprint density at radius 1 is 1.29 bits per heavy atom. The van der Waals surface area contributed by atoms with Crippen LogP contribution in [0.25, 0.3) is 0 Å². The predicted octanol–water partition coefficient (Wildman–Crippen LogP) is 3.56. The van der Waals surface area contributed by atoms with Crippen molar-refractivity contribution in [1.82, 2.24) is 0 Å². The lowest BCUT2D eigenvalue weighted by molar-refractivity contribution is -0.384. The highest BCUT2D eigenvalue weighted by molar-refractivity contribution is 6.33. The van der Waals surface area contributed by atoms with Crippen molar-refractivity contribution in [2.45, 2.75) is 6.54 Å². The summed E-state index contributed by atoms with van der Waals surface area (Å²) in [7, 11) is 0. The zero-order valence-corrected chi connectivity index (χ0v) is 11.5. The molecular formula is C14H11ClN2O4. The zero-order valence-electron chi connectivity index (χ0n) is 10.7. The second kappa shape index (κ2) is 6.23. The van der Waals surface area contributed by atoms with Crippen LogP contribution >= 0.6 is 11.6 Å². The maximum atomic E-state index is 11.2. The van der Waals surface area contributed by atoms with Crippen LogP contribution in [0.3, 0.4) is 0 Å². The second-order valence-electron chi connectivity index (χ2n) is 4.25. The van der Waals surface area contributed by atoms with E-state index in [1.165, 1.54) is 6.07 Å². The van der Waals surface area contributed by atoms with Crippen molar-refractivity contribution < 1.29 is 14.8 Å². The first kappa shape index (κ1) is 14.8. The molecule has 108 valence electrons. The summed E-state index contributed by atoms with van der Waals surface area (Å²) in [5.41, 5.74) is 0.562. The van der Waals surface area contributed by atoms with E-state index in [1.54, 1.807) is 0 Å². The molecule has 6 nitrogen and oxygen atoms in total. The van der Waals surface area contributed by atoms with Crippen LogP contribution in [0.15, 0.2) is 42.5 Å². The minimum absolute atomic E-state index is 0.111. The van der Waals surface area contributed by atoms with E-state index in [0.717, 1.165) is 11.6 Å². The fourth-order valence-corrected chi connectivity index (χ4v) is 2.05. The molecule has 2 N–H and O–H groups in total. The van der Waals surface area contributed by atoms with Crippen molar-refractivity contribution in [3.63, 3.8) is 0 Å². The van der Waals surface area contributed by atoms with Crippen LogP contribution in [-0.2, 0) is 6.54 Å². The molecule has 0 saturated carbocycles. The Morgan fingerprint density at radius 3 is 2.52 bits per heavy atom.